The molecule has 904 valence electrons. The van der Waals surface area contributed by atoms with Gasteiger partial charge >= 0.3 is 23.5 Å². The molecule has 11 atom stereocenters. The maximum Gasteiger partial charge on any atom is 0.472 e. The molecule has 0 saturated carbocycles. The van der Waals surface area contributed by atoms with Crippen molar-refractivity contribution in [3.8, 4) is 0 Å². The smallest absolute Gasteiger partial charge is 0.472 e. The lowest BCUT2D eigenvalue weighted by Gasteiger charge is -2.35. The highest BCUT2D eigenvalue weighted by molar-refractivity contribution is 7.48. The molecule has 0 aromatic rings. The molecule has 0 heterocycles. The number of phosphoric acid groups is 5. The Bertz CT molecular complexity index is 2640. The Balaban J connectivity index is -0.000000252. The number of hydrogen-bond acceptors (Lipinski definition) is 23. The van der Waals surface area contributed by atoms with E-state index in [1.165, 1.54) is 173 Å². The summed E-state index contributed by atoms with van der Waals surface area (Å²) in [5, 5.41) is 0. The molecule has 26 nitrogen and oxygen atoms in total. The summed E-state index contributed by atoms with van der Waals surface area (Å²) in [6.07, 6.45) is 59.2. The third-order valence-electron chi connectivity index (χ3n) is 27.1. The monoisotopic (exact) mass is 2300 g/mol. The van der Waals surface area contributed by atoms with Gasteiger partial charge in [0.05, 0.1) is 92.6 Å². The fraction of sp³-hybridized carbons (Fsp3) is 1.00. The number of ether oxygens (including phenoxy) is 6. The Morgan fingerprint density at radius 2 is 0.422 bits per heavy atom. The molecule has 3 N–H and O–H groups in total. The second-order valence-corrected chi connectivity index (χ2v) is 47.5. The minimum absolute atomic E-state index is 0. The van der Waals surface area contributed by atoms with E-state index in [2.05, 4.69) is 159 Å². The minimum Gasteiger partial charge on any atom is -0.756 e. The second kappa shape index (κ2) is 113. The average molecular weight is 2300 g/mol. The number of hydrogen-bond donors (Lipinski definition) is 3. The zero-order valence-corrected chi connectivity index (χ0v) is 110. The van der Waals surface area contributed by atoms with Crippen LogP contribution in [0.1, 0.15) is 539 Å². The standard InChI is InChI=1S/C58H121FO19P4.3C16H34O.C2H7O4P.C2H6.CH4.4H3P/c1-11-20-33-56(34-21-12-2,35-22-13-3)50-69-44-53(76-79(60,61)68-10)48-74-81(64,65)78-55(46-71-52-58(39-26-17-7,40-27-18-8)41-28-19-9)49-75-82(66,67)77-54(47-73-80(62,63)72-43-32-30-29-31-42-59)45-70-51-57(36-23-14-4,37-24-15-5)38-25-16-6;3*1-5-9-12-16(13-10-6-2,14-11-7-3)15-17-8-4;1-5-7(3,4)6-2;1-2;;;;;/h53-55H,11-52H2,1-10H3,(H,60,61)(H,62,63)(H,64,65)(H,66,67);3*5-15H2,1-4H3;1-2H3,(H,3,4);1-2H3;1H4;4*1H3/p-2. The molecule has 147 heavy (non-hydrogen) atoms. The van der Waals surface area contributed by atoms with Crippen LogP contribution >= 0.6 is 78.7 Å². The van der Waals surface area contributed by atoms with E-state index in [9.17, 15) is 46.8 Å². The van der Waals surface area contributed by atoms with E-state index in [0.717, 1.165) is 234 Å². The Morgan fingerprint density at radius 3 is 0.592 bits per heavy atom. The third-order valence-corrected chi connectivity index (χ3v) is 32.1. The molecule has 0 aromatic carbocycles. The quantitative estimate of drug-likeness (QED) is 0.0376. The number of halogens is 1. The largest absolute Gasteiger partial charge is 0.756 e. The molecule has 0 aliphatic heterocycles. The van der Waals surface area contributed by atoms with Crippen LogP contribution in [-0.2, 0) is 96.5 Å². The lowest BCUT2D eigenvalue weighted by atomic mass is 9.75. The van der Waals surface area contributed by atoms with Crippen molar-refractivity contribution in [3.05, 3.63) is 0 Å². The van der Waals surface area contributed by atoms with Gasteiger partial charge in [-0.3, -0.25) is 40.7 Å². The van der Waals surface area contributed by atoms with Gasteiger partial charge in [-0.2, -0.15) is 39.6 Å². The highest BCUT2D eigenvalue weighted by Crippen LogP contribution is 2.52. The first-order valence-electron chi connectivity index (χ1n) is 57.8. The van der Waals surface area contributed by atoms with E-state index < -0.39 is 90.5 Å². The molecule has 36 heteroatoms. The summed E-state index contributed by atoms with van der Waals surface area (Å²) in [6.45, 7) is 52.3. The van der Waals surface area contributed by atoms with E-state index in [4.69, 9.17) is 65.0 Å². The Hall–Kier alpha value is 1.96. The van der Waals surface area contributed by atoms with Gasteiger partial charge in [0, 0.05) is 41.2 Å². The van der Waals surface area contributed by atoms with E-state index in [0.29, 0.717) is 48.5 Å². The zero-order chi connectivity index (χ0) is 109. The number of phosphoric ester groups is 5. The summed E-state index contributed by atoms with van der Waals surface area (Å²) in [5.74, 6) is 0. The van der Waals surface area contributed by atoms with Crippen LogP contribution in [0.25, 0.3) is 0 Å². The molecule has 0 aromatic heterocycles. The van der Waals surface area contributed by atoms with Gasteiger partial charge in [-0.25, -0.2) is 13.7 Å². The van der Waals surface area contributed by atoms with Crippen LogP contribution in [0.5, 0.6) is 0 Å². The molecule has 0 saturated heterocycles. The molecule has 11 unspecified atom stereocenters. The first-order chi connectivity index (χ1) is 67.9. The maximum atomic E-state index is 14.0. The lowest BCUT2D eigenvalue weighted by molar-refractivity contribution is -0.230. The highest BCUT2D eigenvalue weighted by Gasteiger charge is 2.39. The van der Waals surface area contributed by atoms with Crippen molar-refractivity contribution >= 4 is 78.7 Å². The Labute approximate surface area is 922 Å². The first kappa shape index (κ1) is 171. The van der Waals surface area contributed by atoms with Gasteiger partial charge in [0.1, 0.15) is 18.3 Å². The van der Waals surface area contributed by atoms with Gasteiger partial charge in [0.2, 0.25) is 0 Å². The number of rotatable bonds is 100. The van der Waals surface area contributed by atoms with Crippen LogP contribution < -0.4 is 9.79 Å². The maximum absolute atomic E-state index is 14.0. The molecule has 0 bridgehead atoms. The predicted octanol–water partition coefficient (Wildman–Crippen LogP) is 35.3. The third kappa shape index (κ3) is 98.4. The highest BCUT2D eigenvalue weighted by atomic mass is 31.2. The van der Waals surface area contributed by atoms with Crippen LogP contribution in [0, 0.1) is 32.5 Å². The molecule has 0 spiro atoms. The Kier molecular flexibility index (Phi) is 132. The van der Waals surface area contributed by atoms with Crippen LogP contribution in [-0.4, -0.2) is 167 Å². The molecular weight excluding hydrogens is 2050 g/mol. The van der Waals surface area contributed by atoms with Crippen molar-refractivity contribution in [2.45, 2.75) is 557 Å². The van der Waals surface area contributed by atoms with Crippen molar-refractivity contribution in [1.82, 2.24) is 0 Å². The molecule has 0 radical (unpaired) electrons. The lowest BCUT2D eigenvalue weighted by Crippen LogP contribution is -2.33. The van der Waals surface area contributed by atoms with Crippen molar-refractivity contribution in [2.75, 3.05) is 134 Å². The fourth-order valence-electron chi connectivity index (χ4n) is 18.0. The minimum atomic E-state index is -5.22. The predicted molar refractivity (Wildman–Crippen MR) is 639 cm³/mol. The molecule has 0 aliphatic carbocycles. The van der Waals surface area contributed by atoms with Gasteiger partial charge in [-0.1, -0.05) is 390 Å². The topological polar surface area (TPSA) is 340 Å². The van der Waals surface area contributed by atoms with Gasteiger partial charge in [0.25, 0.3) is 15.6 Å². The van der Waals surface area contributed by atoms with E-state index in [1.807, 2.05) is 13.8 Å². The van der Waals surface area contributed by atoms with Crippen LogP contribution in [0.2, 0.25) is 0 Å². The molecule has 0 aliphatic rings. The summed E-state index contributed by atoms with van der Waals surface area (Å²) >= 11 is 0. The van der Waals surface area contributed by atoms with Gasteiger partial charge in [0.15, 0.2) is 0 Å². The van der Waals surface area contributed by atoms with Crippen molar-refractivity contribution in [1.29, 1.82) is 0 Å². The van der Waals surface area contributed by atoms with E-state index in [-0.39, 0.29) is 96.3 Å². The summed E-state index contributed by atoms with van der Waals surface area (Å²) in [4.78, 5) is 56.6. The molecule has 0 rings (SSSR count). The van der Waals surface area contributed by atoms with Crippen molar-refractivity contribution in [3.63, 3.8) is 0 Å². The Morgan fingerprint density at radius 1 is 0.238 bits per heavy atom. The summed E-state index contributed by atoms with van der Waals surface area (Å²) in [7, 11) is -20.9. The molecular formula is C111H250FO26P9-2. The van der Waals surface area contributed by atoms with Crippen LogP contribution in [0.15, 0.2) is 0 Å². The summed E-state index contributed by atoms with van der Waals surface area (Å²) in [6, 6.07) is 0. The van der Waals surface area contributed by atoms with Gasteiger partial charge in [-0.15, -0.1) is 0 Å². The van der Waals surface area contributed by atoms with Crippen molar-refractivity contribution < 1.29 is 125 Å². The van der Waals surface area contributed by atoms with Crippen LogP contribution in [0.4, 0.5) is 4.39 Å². The number of unbranched alkanes of at least 4 members (excludes halogenated alkanes) is 21. The van der Waals surface area contributed by atoms with Gasteiger partial charge < -0.3 is 71.0 Å². The van der Waals surface area contributed by atoms with Crippen molar-refractivity contribution in [2.24, 2.45) is 32.5 Å². The van der Waals surface area contributed by atoms with E-state index >= 15 is 0 Å². The van der Waals surface area contributed by atoms with E-state index in [1.54, 1.807) is 0 Å². The first-order valence-corrected chi connectivity index (χ1v) is 65.2. The fourth-order valence-corrected chi connectivity index (χ4v) is 21.3. The molecule has 0 fully saturated rings. The normalized spacial score (nSPS) is 14.1. The second-order valence-electron chi connectivity index (χ2n) is 40.2. The zero-order valence-electron chi connectivity index (χ0n) is 99.9. The summed E-state index contributed by atoms with van der Waals surface area (Å²) in [5.41, 5.74) is 0.867. The van der Waals surface area contributed by atoms with Gasteiger partial charge in [-0.05, 0) is 182 Å². The number of alkyl halides is 1. The SMILES string of the molecule is C.CC.CCCCC(CCCC)(CCCC)COCC.CCCCC(CCCC)(CCCC)COCC.CCCCC(CCCC)(CCCC)COCC.CCCCC(CCCC)(CCCC)COCC(COP(=O)(O)OC(COCC(CCCC)(CCCC)CCCC)COP(=O)(O)OC(COCC(CCCC)(CCCC)CCCC)COP(=O)([O-])OCCCCCCF)OP(=O)([O-])OC.COP(=O)(O)OC.P.P.P.P. The summed E-state index contributed by atoms with van der Waals surface area (Å²) < 4.78 is 163. The van der Waals surface area contributed by atoms with Crippen LogP contribution in [0.3, 0.4) is 0 Å². The average Bonchev–Trinajstić information content (AvgIpc) is 0.837. The molecule has 0 amide bonds.